The van der Waals surface area contributed by atoms with Crippen molar-refractivity contribution < 1.29 is 4.79 Å². The topological polar surface area (TPSA) is 29.1 Å². The highest BCUT2D eigenvalue weighted by molar-refractivity contribution is 9.10. The molecule has 0 bridgehead atoms. The summed E-state index contributed by atoms with van der Waals surface area (Å²) in [6, 6.07) is 9.70. The van der Waals surface area contributed by atoms with Gasteiger partial charge in [-0.1, -0.05) is 22.0 Å². The number of rotatable bonds is 3. The zero-order valence-corrected chi connectivity index (χ0v) is 12.8. The van der Waals surface area contributed by atoms with E-state index in [1.165, 1.54) is 34.6 Å². The average Bonchev–Trinajstić information content (AvgIpc) is 2.96. The Morgan fingerprint density at radius 1 is 1.32 bits per heavy atom. The second-order valence-electron chi connectivity index (χ2n) is 4.71. The molecule has 1 aromatic carbocycles. The molecule has 2 aromatic rings. The van der Waals surface area contributed by atoms with Gasteiger partial charge in [-0.3, -0.25) is 4.79 Å². The van der Waals surface area contributed by atoms with E-state index in [2.05, 4.69) is 27.3 Å². The molecule has 0 atom stereocenters. The Bertz CT molecular complexity index is 599. The van der Waals surface area contributed by atoms with Gasteiger partial charge in [0.05, 0.1) is 6.54 Å². The zero-order valence-electron chi connectivity index (χ0n) is 10.4. The summed E-state index contributed by atoms with van der Waals surface area (Å²) in [6.07, 6.45) is 3.69. The Kier molecular flexibility index (Phi) is 3.71. The van der Waals surface area contributed by atoms with E-state index >= 15 is 0 Å². The lowest BCUT2D eigenvalue weighted by Gasteiger charge is -2.04. The fraction of sp³-hybridized carbons (Fsp3) is 0.267. The molecule has 0 fully saturated rings. The van der Waals surface area contributed by atoms with Crippen molar-refractivity contribution in [1.82, 2.24) is 5.32 Å². The van der Waals surface area contributed by atoms with Gasteiger partial charge in [-0.15, -0.1) is 11.3 Å². The van der Waals surface area contributed by atoms with Gasteiger partial charge in [-0.2, -0.15) is 0 Å². The second kappa shape index (κ2) is 5.47. The summed E-state index contributed by atoms with van der Waals surface area (Å²) in [7, 11) is 0. The van der Waals surface area contributed by atoms with E-state index in [1.807, 2.05) is 35.6 Å². The third-order valence-corrected chi connectivity index (χ3v) is 5.04. The predicted octanol–water partition coefficient (Wildman–Crippen LogP) is 3.93. The first-order valence-electron chi connectivity index (χ1n) is 6.36. The van der Waals surface area contributed by atoms with Crippen LogP contribution in [0.5, 0.6) is 0 Å². The number of halogens is 1. The van der Waals surface area contributed by atoms with Gasteiger partial charge in [0.1, 0.15) is 0 Å². The molecule has 0 spiro atoms. The molecule has 1 heterocycles. The van der Waals surface area contributed by atoms with Crippen LogP contribution in [0.3, 0.4) is 0 Å². The first-order valence-corrected chi connectivity index (χ1v) is 7.97. The van der Waals surface area contributed by atoms with Crippen molar-refractivity contribution in [3.63, 3.8) is 0 Å². The molecule has 1 amide bonds. The fourth-order valence-electron chi connectivity index (χ4n) is 2.38. The molecule has 98 valence electrons. The van der Waals surface area contributed by atoms with Crippen LogP contribution in [0.4, 0.5) is 0 Å². The summed E-state index contributed by atoms with van der Waals surface area (Å²) in [6.45, 7) is 0.628. The van der Waals surface area contributed by atoms with Crippen LogP contribution in [0, 0.1) is 0 Å². The summed E-state index contributed by atoms with van der Waals surface area (Å²) in [5.41, 5.74) is 2.18. The van der Waals surface area contributed by atoms with Gasteiger partial charge in [0.15, 0.2) is 0 Å². The molecule has 0 saturated heterocycles. The zero-order chi connectivity index (χ0) is 13.2. The number of fused-ring (bicyclic) bond motifs is 1. The van der Waals surface area contributed by atoms with Crippen LogP contribution < -0.4 is 5.32 Å². The predicted molar refractivity (Wildman–Crippen MR) is 81.7 cm³/mol. The lowest BCUT2D eigenvalue weighted by Crippen LogP contribution is -2.22. The molecule has 1 aliphatic rings. The number of carbonyl (C=O) groups excluding carboxylic acids is 1. The summed E-state index contributed by atoms with van der Waals surface area (Å²) in [5, 5.41) is 2.98. The number of amides is 1. The molecular formula is C15H14BrNOS. The van der Waals surface area contributed by atoms with Crippen molar-refractivity contribution in [2.45, 2.75) is 25.8 Å². The number of hydrogen-bond donors (Lipinski definition) is 1. The van der Waals surface area contributed by atoms with Gasteiger partial charge in [-0.05, 0) is 49.1 Å². The van der Waals surface area contributed by atoms with Gasteiger partial charge >= 0.3 is 0 Å². The van der Waals surface area contributed by atoms with E-state index in [0.29, 0.717) is 12.1 Å². The van der Waals surface area contributed by atoms with Gasteiger partial charge in [0.2, 0.25) is 0 Å². The smallest absolute Gasteiger partial charge is 0.251 e. The highest BCUT2D eigenvalue weighted by atomic mass is 79.9. The van der Waals surface area contributed by atoms with E-state index in [9.17, 15) is 4.79 Å². The lowest BCUT2D eigenvalue weighted by molar-refractivity contribution is 0.0951. The number of aryl methyl sites for hydroxylation is 2. The molecule has 0 aliphatic heterocycles. The van der Waals surface area contributed by atoms with Crippen LogP contribution in [0.15, 0.2) is 34.8 Å². The minimum atomic E-state index is -0.0186. The summed E-state index contributed by atoms with van der Waals surface area (Å²) < 4.78 is 0.926. The minimum Gasteiger partial charge on any atom is -0.347 e. The van der Waals surface area contributed by atoms with Crippen LogP contribution in [-0.4, -0.2) is 5.91 Å². The number of hydrogen-bond acceptors (Lipinski definition) is 2. The van der Waals surface area contributed by atoms with Crippen molar-refractivity contribution in [3.8, 4) is 0 Å². The molecule has 0 unspecified atom stereocenters. The van der Waals surface area contributed by atoms with E-state index < -0.39 is 0 Å². The minimum absolute atomic E-state index is 0.0186. The fourth-order valence-corrected chi connectivity index (χ4v) is 3.98. The largest absolute Gasteiger partial charge is 0.347 e. The van der Waals surface area contributed by atoms with Crippen LogP contribution in [0.1, 0.15) is 32.1 Å². The van der Waals surface area contributed by atoms with Crippen LogP contribution >= 0.6 is 27.3 Å². The van der Waals surface area contributed by atoms with Crippen LogP contribution in [0.25, 0.3) is 0 Å². The summed E-state index contributed by atoms with van der Waals surface area (Å²) in [4.78, 5) is 14.8. The van der Waals surface area contributed by atoms with Crippen molar-refractivity contribution in [2.24, 2.45) is 0 Å². The third-order valence-electron chi connectivity index (χ3n) is 3.31. The highest BCUT2D eigenvalue weighted by Crippen LogP contribution is 2.30. The van der Waals surface area contributed by atoms with E-state index in [0.717, 1.165) is 4.47 Å². The average molecular weight is 336 g/mol. The van der Waals surface area contributed by atoms with Crippen molar-refractivity contribution in [1.29, 1.82) is 0 Å². The first-order chi connectivity index (χ1) is 9.22. The number of benzene rings is 1. The maximum atomic E-state index is 12.0. The quantitative estimate of drug-likeness (QED) is 0.904. The Morgan fingerprint density at radius 2 is 2.21 bits per heavy atom. The monoisotopic (exact) mass is 335 g/mol. The normalized spacial score (nSPS) is 13.3. The molecule has 3 rings (SSSR count). The number of nitrogens with one attached hydrogen (secondary N) is 1. The lowest BCUT2D eigenvalue weighted by atomic mass is 10.2. The molecule has 2 nitrogen and oxygen atoms in total. The SMILES string of the molecule is O=C(NCc1cc2c(s1)CCC2)c1cccc(Br)c1. The van der Waals surface area contributed by atoms with Crippen molar-refractivity contribution >= 4 is 33.2 Å². The van der Waals surface area contributed by atoms with E-state index in [-0.39, 0.29) is 5.91 Å². The molecule has 19 heavy (non-hydrogen) atoms. The molecule has 1 N–H and O–H groups in total. The van der Waals surface area contributed by atoms with Crippen molar-refractivity contribution in [3.05, 3.63) is 55.7 Å². The first kappa shape index (κ1) is 12.9. The van der Waals surface area contributed by atoms with Gasteiger partial charge in [0.25, 0.3) is 5.91 Å². The number of carbonyl (C=O) groups is 1. The standard InChI is InChI=1S/C15H14BrNOS/c16-12-5-1-4-11(7-12)15(18)17-9-13-8-10-3-2-6-14(10)19-13/h1,4-5,7-8H,2-3,6,9H2,(H,17,18). The molecule has 1 aromatic heterocycles. The Morgan fingerprint density at radius 3 is 3.00 bits per heavy atom. The Labute approximate surface area is 125 Å². The van der Waals surface area contributed by atoms with E-state index in [4.69, 9.17) is 0 Å². The molecule has 0 saturated carbocycles. The molecule has 0 radical (unpaired) electrons. The maximum absolute atomic E-state index is 12.0. The maximum Gasteiger partial charge on any atom is 0.251 e. The second-order valence-corrected chi connectivity index (χ2v) is 6.84. The molecule has 1 aliphatic carbocycles. The number of thiophene rings is 1. The highest BCUT2D eigenvalue weighted by Gasteiger charge is 2.15. The van der Waals surface area contributed by atoms with Gasteiger partial charge in [0, 0.05) is 19.8 Å². The van der Waals surface area contributed by atoms with Crippen molar-refractivity contribution in [2.75, 3.05) is 0 Å². The van der Waals surface area contributed by atoms with E-state index in [1.54, 1.807) is 0 Å². The third kappa shape index (κ3) is 2.90. The van der Waals surface area contributed by atoms with Gasteiger partial charge in [-0.25, -0.2) is 0 Å². The molecular weight excluding hydrogens is 322 g/mol. The van der Waals surface area contributed by atoms with Crippen LogP contribution in [-0.2, 0) is 19.4 Å². The van der Waals surface area contributed by atoms with Gasteiger partial charge < -0.3 is 5.32 Å². The Hall–Kier alpha value is -1.13. The Balaban J connectivity index is 1.64. The molecule has 4 heteroatoms. The van der Waals surface area contributed by atoms with Crippen LogP contribution in [0.2, 0.25) is 0 Å². The summed E-state index contributed by atoms with van der Waals surface area (Å²) in [5.74, 6) is -0.0186. The summed E-state index contributed by atoms with van der Waals surface area (Å²) >= 11 is 5.22.